The van der Waals surface area contributed by atoms with E-state index >= 15 is 0 Å². The van der Waals surface area contributed by atoms with Crippen LogP contribution in [0.4, 0.5) is 8.78 Å². The number of fused-ring (bicyclic) bond motifs is 1. The zero-order chi connectivity index (χ0) is 19.4. The van der Waals surface area contributed by atoms with Gasteiger partial charge in [-0.15, -0.1) is 0 Å². The normalized spacial score (nSPS) is 18.1. The van der Waals surface area contributed by atoms with Crippen molar-refractivity contribution >= 4 is 5.91 Å². The van der Waals surface area contributed by atoms with Crippen LogP contribution in [0.2, 0.25) is 0 Å². The van der Waals surface area contributed by atoms with E-state index in [2.05, 4.69) is 10.1 Å². The number of hydrogen-bond acceptors (Lipinski definition) is 5. The van der Waals surface area contributed by atoms with Crippen LogP contribution in [0.15, 0.2) is 42.5 Å². The highest BCUT2D eigenvalue weighted by molar-refractivity contribution is 5.82. The van der Waals surface area contributed by atoms with Crippen molar-refractivity contribution < 1.29 is 32.5 Å². The summed E-state index contributed by atoms with van der Waals surface area (Å²) in [5, 5.41) is 2.75. The molecule has 3 rings (SSSR count). The quantitative estimate of drug-likeness (QED) is 0.835. The molecule has 0 radical (unpaired) electrons. The van der Waals surface area contributed by atoms with Gasteiger partial charge in [-0.2, -0.15) is 8.78 Å². The number of halogens is 2. The number of amides is 1. The van der Waals surface area contributed by atoms with Crippen molar-refractivity contribution in [3.63, 3.8) is 0 Å². The summed E-state index contributed by atoms with van der Waals surface area (Å²) in [6.45, 7) is -1.03. The first-order chi connectivity index (χ1) is 13.0. The molecule has 0 spiro atoms. The lowest BCUT2D eigenvalue weighted by molar-refractivity contribution is -0.133. The van der Waals surface area contributed by atoms with Gasteiger partial charge in [-0.25, -0.2) is 0 Å². The summed E-state index contributed by atoms with van der Waals surface area (Å²) >= 11 is 0. The average Bonchev–Trinajstić information content (AvgIpc) is 2.66. The maximum Gasteiger partial charge on any atom is 0.387 e. The third-order valence-electron chi connectivity index (χ3n) is 4.01. The SMILES string of the molecule is COc1cc(CNC(=O)C2Oc3ccccc3OC2C)ccc1OC(F)F. The largest absolute Gasteiger partial charge is 0.493 e. The average molecular weight is 379 g/mol. The van der Waals surface area contributed by atoms with E-state index in [1.807, 2.05) is 6.07 Å². The molecule has 2 aromatic carbocycles. The van der Waals surface area contributed by atoms with Gasteiger partial charge in [0, 0.05) is 6.54 Å². The summed E-state index contributed by atoms with van der Waals surface area (Å²) in [6.07, 6.45) is -1.26. The first-order valence-corrected chi connectivity index (χ1v) is 8.29. The lowest BCUT2D eigenvalue weighted by Crippen LogP contribution is -2.48. The second-order valence-corrected chi connectivity index (χ2v) is 5.89. The van der Waals surface area contributed by atoms with Gasteiger partial charge in [0.15, 0.2) is 23.0 Å². The molecule has 2 aromatic rings. The number of rotatable bonds is 6. The van der Waals surface area contributed by atoms with Gasteiger partial charge in [0.25, 0.3) is 5.91 Å². The Labute approximate surface area is 155 Å². The van der Waals surface area contributed by atoms with Gasteiger partial charge in [-0.3, -0.25) is 4.79 Å². The van der Waals surface area contributed by atoms with E-state index in [0.29, 0.717) is 17.1 Å². The number of hydrogen-bond donors (Lipinski definition) is 1. The minimum absolute atomic E-state index is 0.0724. The summed E-state index contributed by atoms with van der Waals surface area (Å²) in [7, 11) is 1.35. The summed E-state index contributed by atoms with van der Waals surface area (Å²) in [6, 6.07) is 11.6. The molecule has 1 heterocycles. The number of alkyl halides is 2. The van der Waals surface area contributed by atoms with E-state index in [9.17, 15) is 13.6 Å². The van der Waals surface area contributed by atoms with E-state index in [1.54, 1.807) is 31.2 Å². The zero-order valence-corrected chi connectivity index (χ0v) is 14.8. The number of carbonyl (C=O) groups is 1. The van der Waals surface area contributed by atoms with Crippen LogP contribution in [-0.4, -0.2) is 31.8 Å². The van der Waals surface area contributed by atoms with Crippen molar-refractivity contribution in [2.75, 3.05) is 7.11 Å². The Morgan fingerprint density at radius 1 is 1.15 bits per heavy atom. The molecule has 2 atom stereocenters. The molecule has 0 saturated heterocycles. The van der Waals surface area contributed by atoms with E-state index in [4.69, 9.17) is 14.2 Å². The Morgan fingerprint density at radius 2 is 1.85 bits per heavy atom. The van der Waals surface area contributed by atoms with Crippen molar-refractivity contribution in [1.29, 1.82) is 0 Å². The molecule has 8 heteroatoms. The highest BCUT2D eigenvalue weighted by Gasteiger charge is 2.33. The molecular formula is C19H19F2NO5. The Balaban J connectivity index is 1.64. The van der Waals surface area contributed by atoms with Gasteiger partial charge in [0.05, 0.1) is 7.11 Å². The molecule has 27 heavy (non-hydrogen) atoms. The number of methoxy groups -OCH3 is 1. The Bertz CT molecular complexity index is 814. The van der Waals surface area contributed by atoms with E-state index in [1.165, 1.54) is 19.2 Å². The first kappa shape index (κ1) is 18.8. The second kappa shape index (κ2) is 8.11. The minimum atomic E-state index is -2.95. The lowest BCUT2D eigenvalue weighted by Gasteiger charge is -2.31. The number of nitrogens with one attached hydrogen (secondary N) is 1. The fraction of sp³-hybridized carbons (Fsp3) is 0.316. The molecule has 144 valence electrons. The molecule has 0 fully saturated rings. The molecule has 0 aromatic heterocycles. The number of ether oxygens (including phenoxy) is 4. The van der Waals surface area contributed by atoms with E-state index < -0.39 is 18.8 Å². The highest BCUT2D eigenvalue weighted by Crippen LogP contribution is 2.33. The molecule has 1 N–H and O–H groups in total. The highest BCUT2D eigenvalue weighted by atomic mass is 19.3. The summed E-state index contributed by atoms with van der Waals surface area (Å²) in [5.41, 5.74) is 0.659. The van der Waals surface area contributed by atoms with Crippen LogP contribution < -0.4 is 24.3 Å². The monoisotopic (exact) mass is 379 g/mol. The Kier molecular flexibility index (Phi) is 5.63. The van der Waals surface area contributed by atoms with Gasteiger partial charge in [-0.05, 0) is 36.8 Å². The van der Waals surface area contributed by atoms with Crippen LogP contribution in [0, 0.1) is 0 Å². The third-order valence-corrected chi connectivity index (χ3v) is 4.01. The predicted molar refractivity (Wildman–Crippen MR) is 92.4 cm³/mol. The fourth-order valence-electron chi connectivity index (χ4n) is 2.71. The van der Waals surface area contributed by atoms with Gasteiger partial charge >= 0.3 is 6.61 Å². The van der Waals surface area contributed by atoms with E-state index in [-0.39, 0.29) is 24.0 Å². The van der Waals surface area contributed by atoms with Crippen molar-refractivity contribution in [3.8, 4) is 23.0 Å². The van der Waals surface area contributed by atoms with E-state index in [0.717, 1.165) is 0 Å². The molecule has 6 nitrogen and oxygen atoms in total. The number of benzene rings is 2. The number of carbonyl (C=O) groups excluding carboxylic acids is 1. The van der Waals surface area contributed by atoms with Gasteiger partial charge in [0.1, 0.15) is 6.10 Å². The van der Waals surface area contributed by atoms with Crippen LogP contribution in [-0.2, 0) is 11.3 Å². The lowest BCUT2D eigenvalue weighted by atomic mass is 10.1. The fourth-order valence-corrected chi connectivity index (χ4v) is 2.71. The topological polar surface area (TPSA) is 66.0 Å². The van der Waals surface area contributed by atoms with Crippen LogP contribution in [0.25, 0.3) is 0 Å². The van der Waals surface area contributed by atoms with Crippen LogP contribution in [0.5, 0.6) is 23.0 Å². The Morgan fingerprint density at radius 3 is 2.52 bits per heavy atom. The van der Waals surface area contributed by atoms with Crippen molar-refractivity contribution in [1.82, 2.24) is 5.32 Å². The minimum Gasteiger partial charge on any atom is -0.493 e. The molecule has 2 unspecified atom stereocenters. The zero-order valence-electron chi connectivity index (χ0n) is 14.8. The van der Waals surface area contributed by atoms with Crippen LogP contribution in [0.3, 0.4) is 0 Å². The van der Waals surface area contributed by atoms with Crippen molar-refractivity contribution in [2.45, 2.75) is 32.3 Å². The third kappa shape index (κ3) is 4.39. The predicted octanol–water partition coefficient (Wildman–Crippen LogP) is 3.14. The molecule has 1 aliphatic rings. The Hall–Kier alpha value is -3.03. The second-order valence-electron chi connectivity index (χ2n) is 5.89. The van der Waals surface area contributed by atoms with Crippen LogP contribution >= 0.6 is 0 Å². The smallest absolute Gasteiger partial charge is 0.387 e. The maximum absolute atomic E-state index is 12.5. The van der Waals surface area contributed by atoms with Crippen LogP contribution in [0.1, 0.15) is 12.5 Å². The molecule has 1 aliphatic heterocycles. The maximum atomic E-state index is 12.5. The van der Waals surface area contributed by atoms with Crippen molar-refractivity contribution in [3.05, 3.63) is 48.0 Å². The number of para-hydroxylation sites is 2. The summed E-state index contributed by atoms with van der Waals surface area (Å²) in [4.78, 5) is 12.5. The summed E-state index contributed by atoms with van der Waals surface area (Å²) in [5.74, 6) is 0.835. The van der Waals surface area contributed by atoms with Crippen molar-refractivity contribution in [2.24, 2.45) is 0 Å². The standard InChI is InChI=1S/C19H19F2NO5/c1-11-17(26-14-6-4-3-5-13(14)25-11)18(23)22-10-12-7-8-15(27-19(20)21)16(9-12)24-2/h3-9,11,17,19H,10H2,1-2H3,(H,22,23). The summed E-state index contributed by atoms with van der Waals surface area (Å²) < 4.78 is 45.6. The first-order valence-electron chi connectivity index (χ1n) is 8.29. The van der Waals surface area contributed by atoms with Gasteiger partial charge < -0.3 is 24.3 Å². The molecular weight excluding hydrogens is 360 g/mol. The molecule has 0 saturated carbocycles. The molecule has 0 bridgehead atoms. The molecule has 1 amide bonds. The van der Waals surface area contributed by atoms with Gasteiger partial charge in [-0.1, -0.05) is 18.2 Å². The van der Waals surface area contributed by atoms with Gasteiger partial charge in [0.2, 0.25) is 6.10 Å². The molecule has 0 aliphatic carbocycles.